The molecule has 1 N–H and O–H groups in total. The van der Waals surface area contributed by atoms with E-state index in [1.165, 1.54) is 18.6 Å². The van der Waals surface area contributed by atoms with Gasteiger partial charge in [0, 0.05) is 13.2 Å². The summed E-state index contributed by atoms with van der Waals surface area (Å²) in [6.45, 7) is 3.85. The van der Waals surface area contributed by atoms with Gasteiger partial charge >= 0.3 is 11.9 Å². The molecule has 2 rings (SSSR count). The summed E-state index contributed by atoms with van der Waals surface area (Å²) in [5.74, 6) is -1.45. The number of aromatic carboxylic acids is 1. The Labute approximate surface area is 160 Å². The van der Waals surface area contributed by atoms with Crippen LogP contribution in [0.5, 0.6) is 0 Å². The predicted molar refractivity (Wildman–Crippen MR) is 101 cm³/mol. The molecule has 1 aliphatic heterocycles. The van der Waals surface area contributed by atoms with Gasteiger partial charge in [0.2, 0.25) is 0 Å². The maximum atomic E-state index is 12.2. The fourth-order valence-corrected chi connectivity index (χ4v) is 3.12. The Morgan fingerprint density at radius 1 is 1.22 bits per heavy atom. The zero-order valence-corrected chi connectivity index (χ0v) is 16.0. The minimum Gasteiger partial charge on any atom is -0.478 e. The van der Waals surface area contributed by atoms with Gasteiger partial charge in [0.05, 0.1) is 17.7 Å². The van der Waals surface area contributed by atoms with Gasteiger partial charge in [-0.3, -0.25) is 0 Å². The van der Waals surface area contributed by atoms with E-state index in [1.807, 2.05) is 0 Å². The third-order valence-corrected chi connectivity index (χ3v) is 4.85. The highest BCUT2D eigenvalue weighted by molar-refractivity contribution is 6.02. The van der Waals surface area contributed by atoms with Crippen molar-refractivity contribution in [2.75, 3.05) is 19.8 Å². The lowest BCUT2D eigenvalue weighted by molar-refractivity contribution is -0.162. The molecular weight excluding hydrogens is 348 g/mol. The molecule has 0 spiro atoms. The lowest BCUT2D eigenvalue weighted by atomic mass is 10.0. The maximum Gasteiger partial charge on any atom is 0.339 e. The minimum absolute atomic E-state index is 0.0300. The SMILES string of the molecule is CC[C@@H](CCCCO[C@@H]1CCCCO1)COC(=O)c1ccccc1C(=O)O. The van der Waals surface area contributed by atoms with Crippen LogP contribution in [-0.2, 0) is 14.2 Å². The molecule has 0 amide bonds. The van der Waals surface area contributed by atoms with E-state index in [9.17, 15) is 14.7 Å². The molecule has 0 bridgehead atoms. The van der Waals surface area contributed by atoms with E-state index in [4.69, 9.17) is 14.2 Å². The van der Waals surface area contributed by atoms with Gasteiger partial charge in [-0.1, -0.05) is 31.9 Å². The van der Waals surface area contributed by atoms with Crippen molar-refractivity contribution in [1.29, 1.82) is 0 Å². The Bertz CT molecular complexity index is 594. The Hall–Kier alpha value is -1.92. The van der Waals surface area contributed by atoms with Crippen molar-refractivity contribution < 1.29 is 28.9 Å². The summed E-state index contributed by atoms with van der Waals surface area (Å²) in [5, 5.41) is 9.17. The molecule has 1 aromatic rings. The van der Waals surface area contributed by atoms with E-state index in [1.54, 1.807) is 12.1 Å². The van der Waals surface area contributed by atoms with E-state index >= 15 is 0 Å². The number of carbonyl (C=O) groups excluding carboxylic acids is 1. The lowest BCUT2D eigenvalue weighted by Gasteiger charge is -2.22. The van der Waals surface area contributed by atoms with Crippen LogP contribution >= 0.6 is 0 Å². The average molecular weight is 378 g/mol. The standard InChI is InChI=1S/C21H30O6/c1-2-16(9-5-7-13-25-19-12-6-8-14-26-19)15-27-21(24)18-11-4-3-10-17(18)20(22)23/h3-4,10-11,16,19H,2,5-9,12-15H2,1H3,(H,22,23)/t16-,19-/m0/s1. The van der Waals surface area contributed by atoms with Crippen molar-refractivity contribution >= 4 is 11.9 Å². The highest BCUT2D eigenvalue weighted by Crippen LogP contribution is 2.17. The lowest BCUT2D eigenvalue weighted by Crippen LogP contribution is -2.22. The van der Waals surface area contributed by atoms with Crippen LogP contribution in [0.15, 0.2) is 24.3 Å². The smallest absolute Gasteiger partial charge is 0.339 e. The second-order valence-electron chi connectivity index (χ2n) is 6.89. The number of carboxylic acids is 1. The first-order valence-electron chi connectivity index (χ1n) is 9.84. The fourth-order valence-electron chi connectivity index (χ4n) is 3.12. The van der Waals surface area contributed by atoms with Crippen molar-refractivity contribution in [1.82, 2.24) is 0 Å². The van der Waals surface area contributed by atoms with E-state index in [0.29, 0.717) is 13.2 Å². The second-order valence-corrected chi connectivity index (χ2v) is 6.89. The monoisotopic (exact) mass is 378 g/mol. The number of unbranched alkanes of at least 4 members (excludes halogenated alkanes) is 1. The molecule has 1 aliphatic rings. The summed E-state index contributed by atoms with van der Waals surface area (Å²) in [4.78, 5) is 23.4. The predicted octanol–water partition coefficient (Wildman–Crippen LogP) is 4.28. The summed E-state index contributed by atoms with van der Waals surface area (Å²) in [6.07, 6.45) is 7.01. The Morgan fingerprint density at radius 3 is 2.67 bits per heavy atom. The molecule has 1 aromatic carbocycles. The van der Waals surface area contributed by atoms with E-state index in [0.717, 1.165) is 45.1 Å². The van der Waals surface area contributed by atoms with E-state index in [2.05, 4.69) is 6.92 Å². The van der Waals surface area contributed by atoms with Crippen LogP contribution in [0.25, 0.3) is 0 Å². The van der Waals surface area contributed by atoms with Crippen molar-refractivity contribution in [2.45, 2.75) is 58.2 Å². The summed E-state index contributed by atoms with van der Waals surface area (Å²) >= 11 is 0. The molecule has 0 unspecified atom stereocenters. The molecule has 1 heterocycles. The van der Waals surface area contributed by atoms with Crippen LogP contribution in [0.3, 0.4) is 0 Å². The molecule has 1 saturated heterocycles. The second kappa shape index (κ2) is 11.7. The normalized spacial score (nSPS) is 18.0. The third kappa shape index (κ3) is 7.31. The Balaban J connectivity index is 1.67. The summed E-state index contributed by atoms with van der Waals surface area (Å²) in [5.41, 5.74) is 0.0679. The minimum atomic E-state index is -1.13. The molecule has 6 nitrogen and oxygen atoms in total. The summed E-state index contributed by atoms with van der Waals surface area (Å²) < 4.78 is 16.6. The van der Waals surface area contributed by atoms with Gasteiger partial charge in [-0.05, 0) is 50.2 Å². The third-order valence-electron chi connectivity index (χ3n) is 4.85. The van der Waals surface area contributed by atoms with Crippen molar-refractivity contribution in [3.05, 3.63) is 35.4 Å². The van der Waals surface area contributed by atoms with Crippen molar-refractivity contribution in [2.24, 2.45) is 5.92 Å². The molecule has 150 valence electrons. The van der Waals surface area contributed by atoms with Crippen LogP contribution in [0, 0.1) is 5.92 Å². The van der Waals surface area contributed by atoms with Crippen LogP contribution in [0.4, 0.5) is 0 Å². The summed E-state index contributed by atoms with van der Waals surface area (Å²) in [6, 6.07) is 6.12. The van der Waals surface area contributed by atoms with Gasteiger partial charge in [-0.15, -0.1) is 0 Å². The number of ether oxygens (including phenoxy) is 3. The first kappa shape index (κ1) is 21.4. The molecule has 0 radical (unpaired) electrons. The molecule has 27 heavy (non-hydrogen) atoms. The molecule has 0 aliphatic carbocycles. The quantitative estimate of drug-likeness (QED) is 0.457. The molecule has 2 atom stereocenters. The largest absolute Gasteiger partial charge is 0.478 e. The topological polar surface area (TPSA) is 82.1 Å². The number of hydrogen-bond donors (Lipinski definition) is 1. The van der Waals surface area contributed by atoms with Gasteiger partial charge < -0.3 is 19.3 Å². The van der Waals surface area contributed by atoms with Crippen LogP contribution < -0.4 is 0 Å². The highest BCUT2D eigenvalue weighted by Gasteiger charge is 2.18. The number of benzene rings is 1. The Kier molecular flexibility index (Phi) is 9.28. The maximum absolute atomic E-state index is 12.2. The highest BCUT2D eigenvalue weighted by atomic mass is 16.7. The number of rotatable bonds is 11. The van der Waals surface area contributed by atoms with Gasteiger partial charge in [0.1, 0.15) is 0 Å². The van der Waals surface area contributed by atoms with Crippen molar-refractivity contribution in [3.8, 4) is 0 Å². The number of carbonyl (C=O) groups is 2. The first-order valence-corrected chi connectivity index (χ1v) is 9.84. The van der Waals surface area contributed by atoms with Crippen molar-refractivity contribution in [3.63, 3.8) is 0 Å². The molecule has 6 heteroatoms. The molecule has 0 aromatic heterocycles. The number of carboxylic acid groups (broad SMARTS) is 1. The van der Waals surface area contributed by atoms with E-state index in [-0.39, 0.29) is 23.3 Å². The number of esters is 1. The summed E-state index contributed by atoms with van der Waals surface area (Å²) in [7, 11) is 0. The van der Waals surface area contributed by atoms with Gasteiger partial charge in [0.25, 0.3) is 0 Å². The first-order chi connectivity index (χ1) is 13.1. The molecular formula is C21H30O6. The van der Waals surface area contributed by atoms with Crippen LogP contribution in [0.1, 0.15) is 72.6 Å². The van der Waals surface area contributed by atoms with Gasteiger partial charge in [0.15, 0.2) is 6.29 Å². The van der Waals surface area contributed by atoms with Gasteiger partial charge in [-0.2, -0.15) is 0 Å². The van der Waals surface area contributed by atoms with Gasteiger partial charge in [-0.25, -0.2) is 9.59 Å². The fraction of sp³-hybridized carbons (Fsp3) is 0.619. The average Bonchev–Trinajstić information content (AvgIpc) is 2.70. The zero-order valence-electron chi connectivity index (χ0n) is 16.0. The van der Waals surface area contributed by atoms with Crippen LogP contribution in [-0.4, -0.2) is 43.2 Å². The molecule has 0 saturated carbocycles. The number of hydrogen-bond acceptors (Lipinski definition) is 5. The zero-order chi connectivity index (χ0) is 19.5. The molecule has 1 fully saturated rings. The Morgan fingerprint density at radius 2 is 2.00 bits per heavy atom. The van der Waals surface area contributed by atoms with E-state index < -0.39 is 11.9 Å². The van der Waals surface area contributed by atoms with Crippen LogP contribution in [0.2, 0.25) is 0 Å².